The maximum absolute atomic E-state index is 10.4. The Balaban J connectivity index is 4.01. The van der Waals surface area contributed by atoms with Gasteiger partial charge in [0, 0.05) is 0 Å². The van der Waals surface area contributed by atoms with Gasteiger partial charge in [-0.1, -0.05) is 30.4 Å². The molecule has 0 aromatic rings. The van der Waals surface area contributed by atoms with Crippen molar-refractivity contribution < 1.29 is 4.79 Å². The Morgan fingerprint density at radius 1 is 1.30 bits per heavy atom. The lowest BCUT2D eigenvalue weighted by Crippen LogP contribution is -1.79. The van der Waals surface area contributed by atoms with E-state index in [0.717, 1.165) is 5.57 Å². The van der Waals surface area contributed by atoms with E-state index in [1.54, 1.807) is 12.2 Å². The number of allylic oxidation sites excluding steroid dienone is 5. The molecular weight excluding hydrogens is 124 g/mol. The molecule has 0 spiro atoms. The number of rotatable bonds is 3. The summed E-state index contributed by atoms with van der Waals surface area (Å²) < 4.78 is 0. The molecule has 0 saturated heterocycles. The predicted octanol–water partition coefficient (Wildman–Crippen LogP) is 2.26. The van der Waals surface area contributed by atoms with Crippen molar-refractivity contribution in [2.24, 2.45) is 0 Å². The summed E-state index contributed by atoms with van der Waals surface area (Å²) in [5.74, 6) is 0.0665. The van der Waals surface area contributed by atoms with Crippen LogP contribution in [0.5, 0.6) is 0 Å². The first kappa shape index (κ1) is 8.89. The third kappa shape index (κ3) is 5.04. The van der Waals surface area contributed by atoms with E-state index in [2.05, 4.69) is 6.58 Å². The topological polar surface area (TPSA) is 17.1 Å². The van der Waals surface area contributed by atoms with E-state index >= 15 is 0 Å². The smallest absolute Gasteiger partial charge is 0.152 e. The van der Waals surface area contributed by atoms with Gasteiger partial charge in [0.25, 0.3) is 0 Å². The molecule has 0 saturated carbocycles. The summed E-state index contributed by atoms with van der Waals surface area (Å²) in [6.45, 7) is 6.98. The van der Waals surface area contributed by atoms with E-state index in [-0.39, 0.29) is 5.78 Å². The second kappa shape index (κ2) is 4.74. The first-order chi connectivity index (χ1) is 4.66. The zero-order valence-electron chi connectivity index (χ0n) is 6.42. The number of carbonyl (C=O) groups excluding carboxylic acids is 1. The van der Waals surface area contributed by atoms with Gasteiger partial charge in [-0.3, -0.25) is 4.79 Å². The fourth-order valence-electron chi connectivity index (χ4n) is 0.490. The van der Waals surface area contributed by atoms with Crippen LogP contribution in [-0.4, -0.2) is 5.78 Å². The highest BCUT2D eigenvalue weighted by atomic mass is 16.1. The van der Waals surface area contributed by atoms with Gasteiger partial charge in [0.1, 0.15) is 0 Å². The minimum Gasteiger partial charge on any atom is -0.295 e. The number of ketones is 1. The second-order valence-corrected chi connectivity index (χ2v) is 2.09. The van der Waals surface area contributed by atoms with Gasteiger partial charge in [-0.15, -0.1) is 0 Å². The van der Waals surface area contributed by atoms with Crippen LogP contribution >= 0.6 is 0 Å². The fourth-order valence-corrected chi connectivity index (χ4v) is 0.490. The van der Waals surface area contributed by atoms with Crippen molar-refractivity contribution in [2.75, 3.05) is 0 Å². The Hall–Kier alpha value is -1.11. The molecule has 0 N–H and O–H groups in total. The number of hydrogen-bond donors (Lipinski definition) is 0. The summed E-state index contributed by atoms with van der Waals surface area (Å²) in [4.78, 5) is 10.4. The Kier molecular flexibility index (Phi) is 4.21. The minimum absolute atomic E-state index is 0.0665. The van der Waals surface area contributed by atoms with Gasteiger partial charge in [-0.25, -0.2) is 0 Å². The molecule has 0 amide bonds. The van der Waals surface area contributed by atoms with E-state index in [1.807, 2.05) is 13.0 Å². The summed E-state index contributed by atoms with van der Waals surface area (Å²) in [5, 5.41) is 0. The molecule has 10 heavy (non-hydrogen) atoms. The van der Waals surface area contributed by atoms with Crippen molar-refractivity contribution in [1.82, 2.24) is 0 Å². The molecule has 1 nitrogen and oxygen atoms in total. The molecule has 0 aliphatic heterocycles. The van der Waals surface area contributed by atoms with Gasteiger partial charge in [0.15, 0.2) is 5.78 Å². The van der Waals surface area contributed by atoms with E-state index in [9.17, 15) is 4.79 Å². The molecular formula is C9H12O. The van der Waals surface area contributed by atoms with Gasteiger partial charge in [-0.2, -0.15) is 0 Å². The molecule has 0 rings (SSSR count). The highest BCUT2D eigenvalue weighted by Gasteiger charge is 1.81. The summed E-state index contributed by atoms with van der Waals surface area (Å²) in [7, 11) is 0. The van der Waals surface area contributed by atoms with Crippen LogP contribution in [0.1, 0.15) is 13.8 Å². The molecule has 0 radical (unpaired) electrons. The lowest BCUT2D eigenvalue weighted by Gasteiger charge is -1.84. The molecule has 0 bridgehead atoms. The fraction of sp³-hybridized carbons (Fsp3) is 0.222. The highest BCUT2D eigenvalue weighted by Crippen LogP contribution is 1.94. The lowest BCUT2D eigenvalue weighted by molar-refractivity contribution is -0.112. The number of carbonyl (C=O) groups is 1. The molecule has 0 heterocycles. The van der Waals surface area contributed by atoms with Crippen molar-refractivity contribution in [1.29, 1.82) is 0 Å². The van der Waals surface area contributed by atoms with Gasteiger partial charge < -0.3 is 0 Å². The molecule has 1 heteroatoms. The quantitative estimate of drug-likeness (QED) is 0.429. The molecule has 54 valence electrons. The summed E-state index contributed by atoms with van der Waals surface area (Å²) >= 11 is 0. The van der Waals surface area contributed by atoms with Gasteiger partial charge in [-0.05, 0) is 19.9 Å². The van der Waals surface area contributed by atoms with Crippen LogP contribution in [0.4, 0.5) is 0 Å². The molecule has 0 unspecified atom stereocenters. The van der Waals surface area contributed by atoms with Crippen molar-refractivity contribution in [3.63, 3.8) is 0 Å². The van der Waals surface area contributed by atoms with Crippen LogP contribution in [0.15, 0.2) is 36.5 Å². The van der Waals surface area contributed by atoms with Crippen LogP contribution in [0.25, 0.3) is 0 Å². The predicted molar refractivity (Wildman–Crippen MR) is 43.8 cm³/mol. The zero-order valence-corrected chi connectivity index (χ0v) is 6.42. The first-order valence-electron chi connectivity index (χ1n) is 3.15. The van der Waals surface area contributed by atoms with Crippen molar-refractivity contribution in [3.8, 4) is 0 Å². The monoisotopic (exact) mass is 136 g/mol. The van der Waals surface area contributed by atoms with Crippen molar-refractivity contribution in [2.45, 2.75) is 13.8 Å². The van der Waals surface area contributed by atoms with Crippen LogP contribution < -0.4 is 0 Å². The Morgan fingerprint density at radius 3 is 2.30 bits per heavy atom. The third-order valence-electron chi connectivity index (χ3n) is 0.962. The van der Waals surface area contributed by atoms with Gasteiger partial charge >= 0.3 is 0 Å². The molecule has 0 aliphatic carbocycles. The maximum atomic E-state index is 10.4. The zero-order chi connectivity index (χ0) is 7.98. The highest BCUT2D eigenvalue weighted by molar-refractivity contribution is 5.87. The normalized spacial score (nSPS) is 12.0. The lowest BCUT2D eigenvalue weighted by atomic mass is 10.2. The van der Waals surface area contributed by atoms with E-state index in [1.165, 1.54) is 13.0 Å². The standard InChI is InChI=1S/C9H12O/c1-4-5-8(2)6-7-9(3)10/h4-7H,1H2,2-3H3. The largest absolute Gasteiger partial charge is 0.295 e. The van der Waals surface area contributed by atoms with Crippen LogP contribution in [-0.2, 0) is 4.79 Å². The van der Waals surface area contributed by atoms with Gasteiger partial charge in [0.05, 0.1) is 0 Å². The maximum Gasteiger partial charge on any atom is 0.152 e. The first-order valence-corrected chi connectivity index (χ1v) is 3.15. The molecule has 0 aromatic heterocycles. The van der Waals surface area contributed by atoms with E-state index in [4.69, 9.17) is 0 Å². The summed E-state index contributed by atoms with van der Waals surface area (Å²) in [6.07, 6.45) is 6.85. The number of hydrogen-bond acceptors (Lipinski definition) is 1. The van der Waals surface area contributed by atoms with Crippen LogP contribution in [0, 0.1) is 0 Å². The van der Waals surface area contributed by atoms with Crippen molar-refractivity contribution >= 4 is 5.78 Å². The molecule has 0 aliphatic rings. The third-order valence-corrected chi connectivity index (χ3v) is 0.962. The Bertz CT molecular complexity index is 185. The SMILES string of the molecule is C=CC=C(C)C=CC(C)=O. The average molecular weight is 136 g/mol. The van der Waals surface area contributed by atoms with E-state index in [0.29, 0.717) is 0 Å². The minimum atomic E-state index is 0.0665. The molecule has 0 fully saturated rings. The summed E-state index contributed by atoms with van der Waals surface area (Å²) in [6, 6.07) is 0. The molecule has 0 atom stereocenters. The second-order valence-electron chi connectivity index (χ2n) is 2.09. The van der Waals surface area contributed by atoms with Crippen LogP contribution in [0.2, 0.25) is 0 Å². The Morgan fingerprint density at radius 2 is 1.90 bits per heavy atom. The van der Waals surface area contributed by atoms with Gasteiger partial charge in [0.2, 0.25) is 0 Å². The molecule has 0 aromatic carbocycles. The summed E-state index contributed by atoms with van der Waals surface area (Å²) in [5.41, 5.74) is 1.03. The Labute approximate surface area is 61.8 Å². The average Bonchev–Trinajstić information content (AvgIpc) is 1.85. The van der Waals surface area contributed by atoms with E-state index < -0.39 is 0 Å². The van der Waals surface area contributed by atoms with Crippen molar-refractivity contribution in [3.05, 3.63) is 36.5 Å². The van der Waals surface area contributed by atoms with Crippen LogP contribution in [0.3, 0.4) is 0 Å².